The van der Waals surface area contributed by atoms with Crippen molar-refractivity contribution in [1.82, 2.24) is 0 Å². The molecule has 0 saturated carbocycles. The first-order chi connectivity index (χ1) is 9.95. The third-order valence-electron chi connectivity index (χ3n) is 3.11. The van der Waals surface area contributed by atoms with Gasteiger partial charge in [-0.05, 0) is 42.0 Å². The largest absolute Gasteiger partial charge is 0.505 e. The molecule has 6 heteroatoms. The Morgan fingerprint density at radius 3 is 2.48 bits per heavy atom. The Morgan fingerprint density at radius 2 is 1.81 bits per heavy atom. The average molecular weight is 385 g/mol. The average Bonchev–Trinajstić information content (AvgIpc) is 2.72. The Bertz CT molecular complexity index is 779. The van der Waals surface area contributed by atoms with E-state index in [0.29, 0.717) is 11.1 Å². The molecule has 2 aromatic carbocycles. The van der Waals surface area contributed by atoms with Gasteiger partial charge in [0.1, 0.15) is 0 Å². The molecule has 3 nitrogen and oxygen atoms in total. The van der Waals surface area contributed by atoms with E-state index in [2.05, 4.69) is 21.2 Å². The minimum absolute atomic E-state index is 0.141. The third kappa shape index (κ3) is 2.67. The van der Waals surface area contributed by atoms with Gasteiger partial charge in [-0.25, -0.2) is 0 Å². The molecule has 3 rings (SSSR count). The molecule has 0 unspecified atom stereocenters. The van der Waals surface area contributed by atoms with Gasteiger partial charge in [0, 0.05) is 21.3 Å². The minimum Gasteiger partial charge on any atom is -0.505 e. The SMILES string of the molecule is O=C1Nc2ccc(Br)cc2C1=Cc1cc(Cl)c(O)c(Cl)c1. The molecule has 2 N–H and O–H groups in total. The summed E-state index contributed by atoms with van der Waals surface area (Å²) in [7, 11) is 0. The van der Waals surface area contributed by atoms with E-state index in [1.54, 1.807) is 18.2 Å². The maximum Gasteiger partial charge on any atom is 0.256 e. The minimum atomic E-state index is -0.191. The first-order valence-electron chi connectivity index (χ1n) is 5.96. The topological polar surface area (TPSA) is 49.3 Å². The summed E-state index contributed by atoms with van der Waals surface area (Å²) in [6.45, 7) is 0. The molecule has 1 aliphatic rings. The van der Waals surface area contributed by atoms with Crippen LogP contribution in [0.2, 0.25) is 10.0 Å². The molecule has 1 heterocycles. The zero-order chi connectivity index (χ0) is 15.1. The molecular formula is C15H8BrCl2NO2. The standard InChI is InChI=1S/C15H8BrCl2NO2/c16-8-1-2-13-9(6-8)10(15(21)19-13)3-7-4-11(17)14(20)12(18)5-7/h1-6,20H,(H,19,21). The van der Waals surface area contributed by atoms with Gasteiger partial charge in [0.05, 0.1) is 10.0 Å². The predicted octanol–water partition coefficient (Wildman–Crippen LogP) is 4.95. The van der Waals surface area contributed by atoms with Crippen molar-refractivity contribution in [2.24, 2.45) is 0 Å². The Labute approximate surface area is 139 Å². The first-order valence-corrected chi connectivity index (χ1v) is 7.51. The number of fused-ring (bicyclic) bond motifs is 1. The number of anilines is 1. The van der Waals surface area contributed by atoms with Gasteiger partial charge in [-0.2, -0.15) is 0 Å². The number of rotatable bonds is 1. The molecule has 1 amide bonds. The fourth-order valence-corrected chi connectivity index (χ4v) is 3.00. The summed E-state index contributed by atoms with van der Waals surface area (Å²) < 4.78 is 0.880. The van der Waals surface area contributed by atoms with E-state index < -0.39 is 0 Å². The lowest BCUT2D eigenvalue weighted by Gasteiger charge is -2.03. The zero-order valence-electron chi connectivity index (χ0n) is 10.5. The van der Waals surface area contributed by atoms with Crippen LogP contribution in [0.4, 0.5) is 5.69 Å². The second kappa shape index (κ2) is 5.37. The number of benzene rings is 2. The molecule has 0 atom stereocenters. The highest BCUT2D eigenvalue weighted by Gasteiger charge is 2.24. The Morgan fingerprint density at radius 1 is 1.14 bits per heavy atom. The number of hydrogen-bond acceptors (Lipinski definition) is 2. The van der Waals surface area contributed by atoms with E-state index in [1.807, 2.05) is 18.2 Å². The monoisotopic (exact) mass is 383 g/mol. The smallest absolute Gasteiger partial charge is 0.256 e. The van der Waals surface area contributed by atoms with Crippen LogP contribution < -0.4 is 5.32 Å². The van der Waals surface area contributed by atoms with E-state index in [0.717, 1.165) is 15.7 Å². The van der Waals surface area contributed by atoms with E-state index in [1.165, 1.54) is 0 Å². The molecule has 0 aliphatic carbocycles. The Kier molecular flexibility index (Phi) is 3.69. The number of phenols is 1. The van der Waals surface area contributed by atoms with Crippen LogP contribution in [0.15, 0.2) is 34.8 Å². The van der Waals surface area contributed by atoms with Crippen LogP contribution in [0.5, 0.6) is 5.75 Å². The highest BCUT2D eigenvalue weighted by molar-refractivity contribution is 9.10. The number of halogens is 3. The lowest BCUT2D eigenvalue weighted by Crippen LogP contribution is -2.03. The maximum atomic E-state index is 12.1. The van der Waals surface area contributed by atoms with Crippen molar-refractivity contribution in [2.75, 3.05) is 5.32 Å². The van der Waals surface area contributed by atoms with Gasteiger partial charge in [-0.3, -0.25) is 4.79 Å². The van der Waals surface area contributed by atoms with Crippen molar-refractivity contribution in [2.45, 2.75) is 0 Å². The molecular weight excluding hydrogens is 377 g/mol. The Balaban J connectivity index is 2.13. The maximum absolute atomic E-state index is 12.1. The van der Waals surface area contributed by atoms with Crippen LogP contribution in [0.25, 0.3) is 11.6 Å². The summed E-state index contributed by atoms with van der Waals surface area (Å²) in [5, 5.41) is 12.6. The van der Waals surface area contributed by atoms with E-state index >= 15 is 0 Å². The van der Waals surface area contributed by atoms with Gasteiger partial charge in [0.25, 0.3) is 5.91 Å². The lowest BCUT2D eigenvalue weighted by atomic mass is 10.0. The quantitative estimate of drug-likeness (QED) is 0.683. The van der Waals surface area contributed by atoms with Crippen molar-refractivity contribution < 1.29 is 9.90 Å². The molecule has 21 heavy (non-hydrogen) atoms. The van der Waals surface area contributed by atoms with E-state index in [9.17, 15) is 9.90 Å². The van der Waals surface area contributed by atoms with Gasteiger partial charge in [-0.1, -0.05) is 39.1 Å². The van der Waals surface area contributed by atoms with Crippen LogP contribution in [0.1, 0.15) is 11.1 Å². The number of carbonyl (C=O) groups excluding carboxylic acids is 1. The number of phenolic OH excluding ortho intramolecular Hbond substituents is 1. The van der Waals surface area contributed by atoms with E-state index in [4.69, 9.17) is 23.2 Å². The van der Waals surface area contributed by atoms with Crippen LogP contribution in [0, 0.1) is 0 Å². The fourth-order valence-electron chi connectivity index (χ4n) is 2.14. The summed E-state index contributed by atoms with van der Waals surface area (Å²) >= 11 is 15.2. The predicted molar refractivity (Wildman–Crippen MR) is 88.8 cm³/mol. The molecule has 0 radical (unpaired) electrons. The van der Waals surface area contributed by atoms with Gasteiger partial charge in [0.15, 0.2) is 5.75 Å². The van der Waals surface area contributed by atoms with Crippen LogP contribution in [0.3, 0.4) is 0 Å². The van der Waals surface area contributed by atoms with E-state index in [-0.39, 0.29) is 21.7 Å². The molecule has 2 aromatic rings. The van der Waals surface area contributed by atoms with Gasteiger partial charge < -0.3 is 10.4 Å². The van der Waals surface area contributed by atoms with Crippen LogP contribution in [-0.4, -0.2) is 11.0 Å². The Hall–Kier alpha value is -1.49. The van der Waals surface area contributed by atoms with Crippen molar-refractivity contribution in [1.29, 1.82) is 0 Å². The second-order valence-corrected chi connectivity index (χ2v) is 6.27. The van der Waals surface area contributed by atoms with Gasteiger partial charge >= 0.3 is 0 Å². The summed E-state index contributed by atoms with van der Waals surface area (Å²) in [5.41, 5.74) is 2.71. The number of aromatic hydroxyl groups is 1. The summed E-state index contributed by atoms with van der Waals surface area (Å²) in [6, 6.07) is 8.66. The molecule has 1 aliphatic heterocycles. The summed E-state index contributed by atoms with van der Waals surface area (Å²) in [6.07, 6.45) is 1.69. The fraction of sp³-hybridized carbons (Fsp3) is 0. The number of carbonyl (C=O) groups is 1. The molecule has 0 bridgehead atoms. The second-order valence-electron chi connectivity index (χ2n) is 4.54. The molecule has 0 fully saturated rings. The van der Waals surface area contributed by atoms with Gasteiger partial charge in [0.2, 0.25) is 0 Å². The molecule has 0 aromatic heterocycles. The number of amides is 1. The summed E-state index contributed by atoms with van der Waals surface area (Å²) in [4.78, 5) is 12.1. The van der Waals surface area contributed by atoms with Gasteiger partial charge in [-0.15, -0.1) is 0 Å². The summed E-state index contributed by atoms with van der Waals surface area (Å²) in [5.74, 6) is -0.358. The van der Waals surface area contributed by atoms with Crippen LogP contribution >= 0.6 is 39.1 Å². The normalized spacial score (nSPS) is 15.2. The van der Waals surface area contributed by atoms with Crippen molar-refractivity contribution in [3.05, 3.63) is 56.0 Å². The highest BCUT2D eigenvalue weighted by Crippen LogP contribution is 2.37. The zero-order valence-corrected chi connectivity index (χ0v) is 13.6. The molecule has 0 saturated heterocycles. The molecule has 0 spiro atoms. The number of nitrogens with one attached hydrogen (secondary N) is 1. The van der Waals surface area contributed by atoms with Crippen molar-refractivity contribution >= 4 is 62.4 Å². The van der Waals surface area contributed by atoms with Crippen LogP contribution in [-0.2, 0) is 4.79 Å². The highest BCUT2D eigenvalue weighted by atomic mass is 79.9. The molecule has 106 valence electrons. The van der Waals surface area contributed by atoms with Crippen molar-refractivity contribution in [3.8, 4) is 5.75 Å². The first kappa shape index (κ1) is 14.4. The lowest BCUT2D eigenvalue weighted by molar-refractivity contribution is -0.110. The third-order valence-corrected chi connectivity index (χ3v) is 4.18. The number of hydrogen-bond donors (Lipinski definition) is 2. The van der Waals surface area contributed by atoms with Crippen molar-refractivity contribution in [3.63, 3.8) is 0 Å².